The smallest absolute Gasteiger partial charge is 0.340 e. The van der Waals surface area contributed by atoms with E-state index in [1.165, 1.54) is 0 Å². The van der Waals surface area contributed by atoms with Crippen molar-refractivity contribution in [1.29, 1.82) is 0 Å². The van der Waals surface area contributed by atoms with Crippen LogP contribution in [0, 0.1) is 12.8 Å². The maximum atomic E-state index is 12.7. The van der Waals surface area contributed by atoms with E-state index in [4.69, 9.17) is 11.6 Å². The molecule has 0 radical (unpaired) electrons. The predicted octanol–water partition coefficient (Wildman–Crippen LogP) is 3.30. The van der Waals surface area contributed by atoms with Gasteiger partial charge in [-0.1, -0.05) is 0 Å². The van der Waals surface area contributed by atoms with Gasteiger partial charge < -0.3 is 4.90 Å². The van der Waals surface area contributed by atoms with E-state index in [-0.39, 0.29) is 13.0 Å². The average Bonchev–Trinajstić information content (AvgIpc) is 2.38. The van der Waals surface area contributed by atoms with Gasteiger partial charge in [0.25, 0.3) is 0 Å². The quantitative estimate of drug-likeness (QED) is 0.784. The van der Waals surface area contributed by atoms with Crippen molar-refractivity contribution in [2.45, 2.75) is 31.8 Å². The Morgan fingerprint density at radius 2 is 2.21 bits per heavy atom. The van der Waals surface area contributed by atoms with Crippen LogP contribution in [-0.2, 0) is 5.88 Å². The molecule has 7 heteroatoms. The molecule has 106 valence electrons. The molecule has 0 aromatic carbocycles. The molecule has 1 atom stereocenters. The number of aromatic nitrogens is 2. The molecule has 0 bridgehead atoms. The van der Waals surface area contributed by atoms with Crippen molar-refractivity contribution < 1.29 is 13.2 Å². The van der Waals surface area contributed by atoms with E-state index in [2.05, 4.69) is 9.97 Å². The van der Waals surface area contributed by atoms with E-state index < -0.39 is 12.1 Å². The fraction of sp³-hybridized carbons (Fsp3) is 0.667. The van der Waals surface area contributed by atoms with Gasteiger partial charge in [0.15, 0.2) is 0 Å². The predicted molar refractivity (Wildman–Crippen MR) is 67.3 cm³/mol. The first-order valence-corrected chi connectivity index (χ1v) is 6.65. The van der Waals surface area contributed by atoms with E-state index in [0.29, 0.717) is 30.5 Å². The Hall–Kier alpha value is -1.04. The maximum absolute atomic E-state index is 12.7. The van der Waals surface area contributed by atoms with Crippen LogP contribution in [0.1, 0.15) is 24.1 Å². The van der Waals surface area contributed by atoms with Crippen molar-refractivity contribution in [3.63, 3.8) is 0 Å². The van der Waals surface area contributed by atoms with Crippen LogP contribution in [0.5, 0.6) is 0 Å². The van der Waals surface area contributed by atoms with Crippen molar-refractivity contribution in [2.24, 2.45) is 5.92 Å². The third kappa shape index (κ3) is 3.29. The summed E-state index contributed by atoms with van der Waals surface area (Å²) in [5, 5.41) is 0. The number of anilines is 1. The third-order valence-corrected chi connectivity index (χ3v) is 3.67. The highest BCUT2D eigenvalue weighted by atomic mass is 35.5. The zero-order valence-electron chi connectivity index (χ0n) is 10.5. The fourth-order valence-electron chi connectivity index (χ4n) is 2.19. The Morgan fingerprint density at radius 3 is 2.79 bits per heavy atom. The summed E-state index contributed by atoms with van der Waals surface area (Å²) in [6.07, 6.45) is -1.88. The largest absolute Gasteiger partial charge is 0.393 e. The van der Waals surface area contributed by atoms with E-state index in [9.17, 15) is 13.2 Å². The Kier molecular flexibility index (Phi) is 4.18. The van der Waals surface area contributed by atoms with E-state index in [1.54, 1.807) is 18.0 Å². The third-order valence-electron chi connectivity index (χ3n) is 3.38. The first-order valence-electron chi connectivity index (χ1n) is 6.12. The average molecular weight is 294 g/mol. The summed E-state index contributed by atoms with van der Waals surface area (Å²) in [4.78, 5) is 9.96. The second kappa shape index (κ2) is 5.53. The monoisotopic (exact) mass is 293 g/mol. The highest BCUT2D eigenvalue weighted by Crippen LogP contribution is 2.34. The van der Waals surface area contributed by atoms with Gasteiger partial charge in [0, 0.05) is 30.5 Å². The second-order valence-electron chi connectivity index (χ2n) is 4.74. The summed E-state index contributed by atoms with van der Waals surface area (Å²) in [7, 11) is 0. The molecule has 0 N–H and O–H groups in total. The lowest BCUT2D eigenvalue weighted by atomic mass is 9.98. The van der Waals surface area contributed by atoms with Crippen LogP contribution in [0.15, 0.2) is 6.20 Å². The normalized spacial score (nSPS) is 20.7. The van der Waals surface area contributed by atoms with Gasteiger partial charge in [-0.3, -0.25) is 0 Å². The molecule has 1 aromatic heterocycles. The molecule has 3 nitrogen and oxygen atoms in total. The minimum absolute atomic E-state index is 0.0663. The van der Waals surface area contributed by atoms with Gasteiger partial charge in [-0.2, -0.15) is 13.2 Å². The van der Waals surface area contributed by atoms with Crippen LogP contribution in [0.2, 0.25) is 0 Å². The van der Waals surface area contributed by atoms with Gasteiger partial charge in [0.05, 0.1) is 11.8 Å². The van der Waals surface area contributed by atoms with Gasteiger partial charge in [0.2, 0.25) is 5.95 Å². The lowest BCUT2D eigenvalue weighted by Crippen LogP contribution is -2.42. The van der Waals surface area contributed by atoms with E-state index >= 15 is 0 Å². The molecular formula is C12H15ClF3N3. The molecule has 2 heterocycles. The summed E-state index contributed by atoms with van der Waals surface area (Å²) in [6.45, 7) is 2.28. The summed E-state index contributed by atoms with van der Waals surface area (Å²) in [5.74, 6) is -0.629. The Balaban J connectivity index is 2.15. The van der Waals surface area contributed by atoms with Crippen LogP contribution in [0.4, 0.5) is 19.1 Å². The Bertz CT molecular complexity index is 450. The van der Waals surface area contributed by atoms with E-state index in [0.717, 1.165) is 5.56 Å². The summed E-state index contributed by atoms with van der Waals surface area (Å²) < 4.78 is 38.2. The molecular weight excluding hydrogens is 279 g/mol. The van der Waals surface area contributed by atoms with Gasteiger partial charge in [-0.05, 0) is 19.8 Å². The highest BCUT2D eigenvalue weighted by Gasteiger charge is 2.42. The van der Waals surface area contributed by atoms with Crippen LogP contribution < -0.4 is 4.90 Å². The summed E-state index contributed by atoms with van der Waals surface area (Å²) in [5.41, 5.74) is 1.52. The van der Waals surface area contributed by atoms with Gasteiger partial charge in [-0.25, -0.2) is 9.97 Å². The van der Waals surface area contributed by atoms with Gasteiger partial charge in [-0.15, -0.1) is 11.6 Å². The molecule has 1 saturated heterocycles. The number of hydrogen-bond acceptors (Lipinski definition) is 3. The molecule has 2 rings (SSSR count). The van der Waals surface area contributed by atoms with E-state index in [1.807, 2.05) is 0 Å². The fourth-order valence-corrected chi connectivity index (χ4v) is 2.45. The molecule has 1 aliphatic heterocycles. The summed E-state index contributed by atoms with van der Waals surface area (Å²) >= 11 is 5.71. The number of hydrogen-bond donors (Lipinski definition) is 0. The van der Waals surface area contributed by atoms with Crippen molar-refractivity contribution in [3.05, 3.63) is 17.5 Å². The standard InChI is InChI=1S/C12H15ClF3N3/c1-8-9(5-13)6-17-11(18-8)19-4-2-3-10(7-19)12(14,15)16/h6,10H,2-5,7H2,1H3. The first kappa shape index (κ1) is 14.4. The number of nitrogens with zero attached hydrogens (tertiary/aromatic N) is 3. The molecule has 19 heavy (non-hydrogen) atoms. The van der Waals surface area contributed by atoms with Gasteiger partial charge in [0.1, 0.15) is 0 Å². The molecule has 0 amide bonds. The lowest BCUT2D eigenvalue weighted by Gasteiger charge is -2.33. The number of halogens is 4. The zero-order chi connectivity index (χ0) is 14.0. The Morgan fingerprint density at radius 1 is 1.47 bits per heavy atom. The number of rotatable bonds is 2. The van der Waals surface area contributed by atoms with Crippen LogP contribution in [-0.4, -0.2) is 29.2 Å². The minimum Gasteiger partial charge on any atom is -0.340 e. The topological polar surface area (TPSA) is 29.0 Å². The number of aryl methyl sites for hydroxylation is 1. The number of piperidine rings is 1. The summed E-state index contributed by atoms with van der Waals surface area (Å²) in [6, 6.07) is 0. The lowest BCUT2D eigenvalue weighted by molar-refractivity contribution is -0.176. The van der Waals surface area contributed by atoms with Crippen molar-refractivity contribution in [1.82, 2.24) is 9.97 Å². The second-order valence-corrected chi connectivity index (χ2v) is 5.01. The molecule has 1 unspecified atom stereocenters. The zero-order valence-corrected chi connectivity index (χ0v) is 11.3. The van der Waals surface area contributed by atoms with Crippen LogP contribution >= 0.6 is 11.6 Å². The SMILES string of the molecule is Cc1nc(N2CCCC(C(F)(F)F)C2)ncc1CCl. The van der Waals surface area contributed by atoms with Crippen molar-refractivity contribution in [3.8, 4) is 0 Å². The Labute approximate surface area is 114 Å². The van der Waals surface area contributed by atoms with Crippen LogP contribution in [0.3, 0.4) is 0 Å². The van der Waals surface area contributed by atoms with Crippen molar-refractivity contribution >= 4 is 17.5 Å². The van der Waals surface area contributed by atoms with Gasteiger partial charge >= 0.3 is 6.18 Å². The number of alkyl halides is 4. The molecule has 0 saturated carbocycles. The minimum atomic E-state index is -4.15. The maximum Gasteiger partial charge on any atom is 0.393 e. The molecule has 1 aromatic rings. The molecule has 0 aliphatic carbocycles. The molecule has 0 spiro atoms. The highest BCUT2D eigenvalue weighted by molar-refractivity contribution is 6.17. The molecule has 1 aliphatic rings. The molecule has 1 fully saturated rings. The van der Waals surface area contributed by atoms with Crippen LogP contribution in [0.25, 0.3) is 0 Å². The van der Waals surface area contributed by atoms with Crippen molar-refractivity contribution in [2.75, 3.05) is 18.0 Å². The first-order chi connectivity index (χ1) is 8.91.